The van der Waals surface area contributed by atoms with Gasteiger partial charge in [-0.1, -0.05) is 12.1 Å². The standard InChI is InChI=1S/C18H20N6O3S/c25-28(26,23-8-10-27-11-9-23)16-4-2-15(3-5-16)12-20-17-13-19-14-18(22-17)24-7-1-6-21-24/h1-7,13-14H,8-12H2,(H,20,22). The Morgan fingerprint density at radius 1 is 1.11 bits per heavy atom. The van der Waals surface area contributed by atoms with Crippen molar-refractivity contribution in [1.82, 2.24) is 24.1 Å². The van der Waals surface area contributed by atoms with Crippen LogP contribution >= 0.6 is 0 Å². The lowest BCUT2D eigenvalue weighted by atomic mass is 10.2. The number of ether oxygens (including phenoxy) is 1. The van der Waals surface area contributed by atoms with E-state index in [1.54, 1.807) is 53.7 Å². The molecule has 1 aliphatic rings. The van der Waals surface area contributed by atoms with Crippen LogP contribution in [-0.2, 0) is 21.3 Å². The van der Waals surface area contributed by atoms with Crippen LogP contribution in [0.3, 0.4) is 0 Å². The Kier molecular flexibility index (Phi) is 5.33. The monoisotopic (exact) mass is 400 g/mol. The Bertz CT molecular complexity index is 1020. The molecule has 10 heteroatoms. The highest BCUT2D eigenvalue weighted by Gasteiger charge is 2.25. The molecule has 146 valence electrons. The zero-order valence-corrected chi connectivity index (χ0v) is 15.9. The number of hydrogen-bond acceptors (Lipinski definition) is 7. The van der Waals surface area contributed by atoms with E-state index < -0.39 is 10.0 Å². The Labute approximate surface area is 163 Å². The molecule has 1 N–H and O–H groups in total. The molecule has 1 saturated heterocycles. The van der Waals surface area contributed by atoms with Gasteiger partial charge in [-0.05, 0) is 23.8 Å². The number of aromatic nitrogens is 4. The summed E-state index contributed by atoms with van der Waals surface area (Å²) < 4.78 is 33.6. The van der Waals surface area contributed by atoms with Crippen molar-refractivity contribution >= 4 is 15.8 Å². The molecule has 4 rings (SSSR count). The minimum Gasteiger partial charge on any atom is -0.379 e. The molecule has 2 aromatic heterocycles. The Balaban J connectivity index is 1.42. The zero-order valence-electron chi connectivity index (χ0n) is 15.1. The van der Waals surface area contributed by atoms with Crippen molar-refractivity contribution in [2.45, 2.75) is 11.4 Å². The average molecular weight is 400 g/mol. The lowest BCUT2D eigenvalue weighted by molar-refractivity contribution is 0.0730. The minimum atomic E-state index is -3.48. The summed E-state index contributed by atoms with van der Waals surface area (Å²) >= 11 is 0. The molecule has 1 aliphatic heterocycles. The fourth-order valence-corrected chi connectivity index (χ4v) is 4.27. The molecule has 28 heavy (non-hydrogen) atoms. The van der Waals surface area contributed by atoms with Crippen molar-refractivity contribution in [2.75, 3.05) is 31.6 Å². The van der Waals surface area contributed by atoms with Gasteiger partial charge in [-0.15, -0.1) is 0 Å². The normalized spacial score (nSPS) is 15.4. The summed E-state index contributed by atoms with van der Waals surface area (Å²) in [4.78, 5) is 8.92. The number of rotatable bonds is 6. The molecule has 0 unspecified atom stereocenters. The minimum absolute atomic E-state index is 0.290. The van der Waals surface area contributed by atoms with Crippen molar-refractivity contribution in [3.63, 3.8) is 0 Å². The largest absolute Gasteiger partial charge is 0.379 e. The second-order valence-electron chi connectivity index (χ2n) is 6.23. The van der Waals surface area contributed by atoms with Crippen LogP contribution < -0.4 is 5.32 Å². The van der Waals surface area contributed by atoms with Gasteiger partial charge in [0.25, 0.3) is 0 Å². The molecule has 0 saturated carbocycles. The fourth-order valence-electron chi connectivity index (χ4n) is 2.86. The van der Waals surface area contributed by atoms with Crippen molar-refractivity contribution in [3.05, 3.63) is 60.7 Å². The van der Waals surface area contributed by atoms with Crippen LogP contribution in [0.1, 0.15) is 5.56 Å². The van der Waals surface area contributed by atoms with Crippen LogP contribution in [0.4, 0.5) is 5.82 Å². The van der Waals surface area contributed by atoms with E-state index in [-0.39, 0.29) is 0 Å². The van der Waals surface area contributed by atoms with Crippen LogP contribution in [0.2, 0.25) is 0 Å². The maximum absolute atomic E-state index is 12.7. The lowest BCUT2D eigenvalue weighted by Gasteiger charge is -2.26. The number of nitrogens with one attached hydrogen (secondary N) is 1. The third-order valence-electron chi connectivity index (χ3n) is 4.37. The van der Waals surface area contributed by atoms with E-state index >= 15 is 0 Å². The molecule has 3 heterocycles. The van der Waals surface area contributed by atoms with Gasteiger partial charge in [-0.3, -0.25) is 4.98 Å². The number of anilines is 1. The van der Waals surface area contributed by atoms with E-state index in [9.17, 15) is 8.42 Å². The molecule has 1 aromatic carbocycles. The number of morpholine rings is 1. The van der Waals surface area contributed by atoms with Gasteiger partial charge in [-0.2, -0.15) is 9.40 Å². The molecule has 0 aliphatic carbocycles. The smallest absolute Gasteiger partial charge is 0.243 e. The van der Waals surface area contributed by atoms with Gasteiger partial charge < -0.3 is 10.1 Å². The van der Waals surface area contributed by atoms with Crippen LogP contribution in [0, 0.1) is 0 Å². The van der Waals surface area contributed by atoms with Crippen LogP contribution in [-0.4, -0.2) is 58.8 Å². The van der Waals surface area contributed by atoms with Crippen LogP contribution in [0.5, 0.6) is 0 Å². The quantitative estimate of drug-likeness (QED) is 0.665. The zero-order chi connectivity index (χ0) is 19.4. The van der Waals surface area contributed by atoms with Gasteiger partial charge in [0.1, 0.15) is 5.82 Å². The van der Waals surface area contributed by atoms with Crippen molar-refractivity contribution in [3.8, 4) is 5.82 Å². The first-order valence-electron chi connectivity index (χ1n) is 8.86. The Hall–Kier alpha value is -2.82. The third-order valence-corrected chi connectivity index (χ3v) is 6.28. The van der Waals surface area contributed by atoms with Crippen molar-refractivity contribution < 1.29 is 13.2 Å². The first-order valence-corrected chi connectivity index (χ1v) is 10.3. The first-order chi connectivity index (χ1) is 13.6. The second kappa shape index (κ2) is 8.05. The van der Waals surface area contributed by atoms with Gasteiger partial charge in [0.2, 0.25) is 10.0 Å². The second-order valence-corrected chi connectivity index (χ2v) is 8.17. The molecule has 0 radical (unpaired) electrons. The van der Waals surface area contributed by atoms with Crippen LogP contribution in [0.25, 0.3) is 5.82 Å². The summed E-state index contributed by atoms with van der Waals surface area (Å²) in [6, 6.07) is 8.67. The highest BCUT2D eigenvalue weighted by molar-refractivity contribution is 7.89. The molecule has 0 amide bonds. The van der Waals surface area contributed by atoms with Crippen molar-refractivity contribution in [2.24, 2.45) is 0 Å². The van der Waals surface area contributed by atoms with E-state index in [1.807, 2.05) is 6.07 Å². The molecule has 0 spiro atoms. The predicted molar refractivity (Wildman–Crippen MR) is 103 cm³/mol. The molecule has 0 bridgehead atoms. The lowest BCUT2D eigenvalue weighted by Crippen LogP contribution is -2.40. The maximum atomic E-state index is 12.7. The maximum Gasteiger partial charge on any atom is 0.243 e. The van der Waals surface area contributed by atoms with Gasteiger partial charge in [-0.25, -0.2) is 18.1 Å². The number of nitrogens with zero attached hydrogens (tertiary/aromatic N) is 5. The summed E-state index contributed by atoms with van der Waals surface area (Å²) in [6.07, 6.45) is 6.73. The molecule has 3 aromatic rings. The van der Waals surface area contributed by atoms with Gasteiger partial charge in [0.15, 0.2) is 5.82 Å². The molecule has 9 nitrogen and oxygen atoms in total. The summed E-state index contributed by atoms with van der Waals surface area (Å²) in [5, 5.41) is 7.33. The fraction of sp³-hybridized carbons (Fsp3) is 0.278. The van der Waals surface area contributed by atoms with E-state index in [2.05, 4.69) is 20.4 Å². The van der Waals surface area contributed by atoms with E-state index in [4.69, 9.17) is 4.74 Å². The molecule has 1 fully saturated rings. The average Bonchev–Trinajstić information content (AvgIpc) is 3.28. The van der Waals surface area contributed by atoms with Crippen LogP contribution in [0.15, 0.2) is 60.0 Å². The molecule has 0 atom stereocenters. The molecular weight excluding hydrogens is 380 g/mol. The molecular formula is C18H20N6O3S. The summed E-state index contributed by atoms with van der Waals surface area (Å²) in [6.45, 7) is 2.13. The number of sulfonamides is 1. The van der Waals surface area contributed by atoms with Gasteiger partial charge in [0.05, 0.1) is 30.5 Å². The SMILES string of the molecule is O=S(=O)(c1ccc(CNc2cncc(-n3cccn3)n2)cc1)N1CCOCC1. The third kappa shape index (κ3) is 4.03. The number of hydrogen-bond donors (Lipinski definition) is 1. The number of benzene rings is 1. The van der Waals surface area contributed by atoms with Gasteiger partial charge >= 0.3 is 0 Å². The Morgan fingerprint density at radius 2 is 1.89 bits per heavy atom. The summed E-state index contributed by atoms with van der Waals surface area (Å²) in [7, 11) is -3.48. The van der Waals surface area contributed by atoms with E-state index in [0.29, 0.717) is 49.4 Å². The van der Waals surface area contributed by atoms with Gasteiger partial charge in [0, 0.05) is 32.0 Å². The predicted octanol–water partition coefficient (Wildman–Crippen LogP) is 1.30. The van der Waals surface area contributed by atoms with Crippen molar-refractivity contribution in [1.29, 1.82) is 0 Å². The van der Waals surface area contributed by atoms with E-state index in [1.165, 1.54) is 4.31 Å². The Morgan fingerprint density at radius 3 is 2.61 bits per heavy atom. The highest BCUT2D eigenvalue weighted by atomic mass is 32.2. The highest BCUT2D eigenvalue weighted by Crippen LogP contribution is 2.18. The topological polar surface area (TPSA) is 102 Å². The summed E-state index contributed by atoms with van der Waals surface area (Å²) in [5.41, 5.74) is 0.937. The first kappa shape index (κ1) is 18.5. The van der Waals surface area contributed by atoms with E-state index in [0.717, 1.165) is 5.56 Å². The summed E-state index contributed by atoms with van der Waals surface area (Å²) in [5.74, 6) is 1.22.